The Morgan fingerprint density at radius 2 is 1.71 bits per heavy atom. The minimum absolute atomic E-state index is 0.109. The average molecular weight is 292 g/mol. The highest BCUT2D eigenvalue weighted by atomic mass is 16.5. The highest BCUT2D eigenvalue weighted by Crippen LogP contribution is 2.11. The van der Waals surface area contributed by atoms with Crippen LogP contribution in [-0.2, 0) is 9.53 Å². The maximum Gasteiger partial charge on any atom is 0.338 e. The summed E-state index contributed by atoms with van der Waals surface area (Å²) in [5.74, 6) is -0.486. The first kappa shape index (κ1) is 17.2. The summed E-state index contributed by atoms with van der Waals surface area (Å²) >= 11 is 0. The van der Waals surface area contributed by atoms with Crippen LogP contribution in [0.1, 0.15) is 45.0 Å². The molecule has 0 spiro atoms. The van der Waals surface area contributed by atoms with Crippen molar-refractivity contribution in [2.45, 2.75) is 46.3 Å². The third-order valence-corrected chi connectivity index (χ3v) is 2.53. The van der Waals surface area contributed by atoms with Crippen LogP contribution >= 0.6 is 0 Å². The van der Waals surface area contributed by atoms with Gasteiger partial charge in [0, 0.05) is 11.2 Å². The number of hydrogen-bond donors (Lipinski definition) is 2. The van der Waals surface area contributed by atoms with Crippen LogP contribution in [0.25, 0.3) is 0 Å². The molecular formula is C16H24N2O3. The van der Waals surface area contributed by atoms with E-state index in [0.29, 0.717) is 11.3 Å². The highest BCUT2D eigenvalue weighted by molar-refractivity contribution is 5.94. The Bertz CT molecular complexity index is 487. The molecule has 0 aliphatic heterocycles. The molecule has 1 aromatic rings. The predicted octanol–water partition coefficient (Wildman–Crippen LogP) is 2.58. The lowest BCUT2D eigenvalue weighted by Crippen LogP contribution is -2.41. The molecule has 5 nitrogen and oxygen atoms in total. The van der Waals surface area contributed by atoms with Gasteiger partial charge in [0.1, 0.15) is 0 Å². The third kappa shape index (κ3) is 6.90. The van der Waals surface area contributed by atoms with Gasteiger partial charge >= 0.3 is 5.97 Å². The molecule has 1 amide bonds. The minimum Gasteiger partial charge on any atom is -0.459 e. The van der Waals surface area contributed by atoms with Gasteiger partial charge < -0.3 is 15.4 Å². The topological polar surface area (TPSA) is 67.4 Å². The van der Waals surface area contributed by atoms with Crippen LogP contribution < -0.4 is 10.6 Å². The van der Waals surface area contributed by atoms with Crippen molar-refractivity contribution in [2.24, 2.45) is 0 Å². The minimum atomic E-state index is -0.364. The van der Waals surface area contributed by atoms with E-state index in [0.717, 1.165) is 0 Å². The molecule has 116 valence electrons. The molecule has 21 heavy (non-hydrogen) atoms. The molecule has 5 heteroatoms. The summed E-state index contributed by atoms with van der Waals surface area (Å²) in [6, 6.07) is 6.65. The van der Waals surface area contributed by atoms with Gasteiger partial charge in [-0.15, -0.1) is 0 Å². The summed E-state index contributed by atoms with van der Waals surface area (Å²) < 4.78 is 5.10. The molecule has 0 fully saturated rings. The van der Waals surface area contributed by atoms with Gasteiger partial charge in [0.05, 0.1) is 18.2 Å². The van der Waals surface area contributed by atoms with Gasteiger partial charge in [0.15, 0.2) is 0 Å². The van der Waals surface area contributed by atoms with Crippen molar-refractivity contribution in [3.63, 3.8) is 0 Å². The molecule has 0 radical (unpaired) electrons. The molecule has 0 unspecified atom stereocenters. The molecule has 1 aromatic carbocycles. The first-order chi connectivity index (χ1) is 9.67. The van der Waals surface area contributed by atoms with Crippen LogP contribution in [0, 0.1) is 0 Å². The Kier molecular flexibility index (Phi) is 5.90. The lowest BCUT2D eigenvalue weighted by Gasteiger charge is -2.20. The van der Waals surface area contributed by atoms with Crippen LogP contribution in [-0.4, -0.2) is 30.1 Å². The van der Waals surface area contributed by atoms with Gasteiger partial charge in [-0.05, 0) is 58.9 Å². The van der Waals surface area contributed by atoms with Crippen LogP contribution in [0.5, 0.6) is 0 Å². The SMILES string of the molecule is CC(C)OC(=O)c1ccc(NC(=O)CNC(C)(C)C)cc1. The van der Waals surface area contributed by atoms with Crippen molar-refractivity contribution in [2.75, 3.05) is 11.9 Å². The molecule has 0 bridgehead atoms. The summed E-state index contributed by atoms with van der Waals surface area (Å²) in [6.07, 6.45) is -0.152. The number of rotatable bonds is 5. The second-order valence-electron chi connectivity index (χ2n) is 6.18. The number of benzene rings is 1. The largest absolute Gasteiger partial charge is 0.459 e. The monoisotopic (exact) mass is 292 g/mol. The number of esters is 1. The number of carbonyl (C=O) groups excluding carboxylic acids is 2. The molecule has 0 aliphatic carbocycles. The van der Waals surface area contributed by atoms with Crippen molar-refractivity contribution in [1.82, 2.24) is 5.32 Å². The average Bonchev–Trinajstić information content (AvgIpc) is 2.35. The summed E-state index contributed by atoms with van der Waals surface area (Å²) in [5.41, 5.74) is 1.01. The zero-order valence-corrected chi connectivity index (χ0v) is 13.3. The maximum atomic E-state index is 11.8. The molecule has 1 rings (SSSR count). The predicted molar refractivity (Wildman–Crippen MR) is 83.4 cm³/mol. The van der Waals surface area contributed by atoms with Gasteiger partial charge in [-0.25, -0.2) is 4.79 Å². The van der Waals surface area contributed by atoms with Crippen LogP contribution in [0.15, 0.2) is 24.3 Å². The van der Waals surface area contributed by atoms with Crippen LogP contribution in [0.4, 0.5) is 5.69 Å². The summed E-state index contributed by atoms with van der Waals surface area (Å²) in [7, 11) is 0. The molecule has 0 saturated heterocycles. The fraction of sp³-hybridized carbons (Fsp3) is 0.500. The zero-order valence-electron chi connectivity index (χ0n) is 13.3. The van der Waals surface area contributed by atoms with Gasteiger partial charge in [-0.1, -0.05) is 0 Å². The van der Waals surface area contributed by atoms with E-state index in [9.17, 15) is 9.59 Å². The number of carbonyl (C=O) groups is 2. The van der Waals surface area contributed by atoms with Crippen molar-refractivity contribution in [1.29, 1.82) is 0 Å². The Morgan fingerprint density at radius 1 is 1.14 bits per heavy atom. The maximum absolute atomic E-state index is 11.8. The highest BCUT2D eigenvalue weighted by Gasteiger charge is 2.12. The Morgan fingerprint density at radius 3 is 2.19 bits per heavy atom. The summed E-state index contributed by atoms with van der Waals surface area (Å²) in [6.45, 7) is 9.82. The van der Waals surface area contributed by atoms with E-state index < -0.39 is 0 Å². The van der Waals surface area contributed by atoms with Crippen molar-refractivity contribution in [3.05, 3.63) is 29.8 Å². The number of amides is 1. The Labute approximate surface area is 126 Å². The van der Waals surface area contributed by atoms with E-state index >= 15 is 0 Å². The molecule has 2 N–H and O–H groups in total. The molecule has 0 aromatic heterocycles. The Balaban J connectivity index is 2.55. The lowest BCUT2D eigenvalue weighted by molar-refractivity contribution is -0.115. The second-order valence-corrected chi connectivity index (χ2v) is 6.18. The lowest BCUT2D eigenvalue weighted by atomic mass is 10.1. The fourth-order valence-electron chi connectivity index (χ4n) is 1.52. The normalized spacial score (nSPS) is 11.3. The summed E-state index contributed by atoms with van der Waals surface area (Å²) in [4.78, 5) is 23.4. The molecular weight excluding hydrogens is 268 g/mol. The third-order valence-electron chi connectivity index (χ3n) is 2.53. The number of nitrogens with one attached hydrogen (secondary N) is 2. The smallest absolute Gasteiger partial charge is 0.338 e. The number of anilines is 1. The van der Waals surface area contributed by atoms with Gasteiger partial charge in [-0.2, -0.15) is 0 Å². The van der Waals surface area contributed by atoms with E-state index in [2.05, 4.69) is 10.6 Å². The quantitative estimate of drug-likeness (QED) is 0.819. The zero-order chi connectivity index (χ0) is 16.0. The first-order valence-corrected chi connectivity index (χ1v) is 7.03. The van der Waals surface area contributed by atoms with E-state index in [1.54, 1.807) is 38.1 Å². The second kappa shape index (κ2) is 7.22. The van der Waals surface area contributed by atoms with Gasteiger partial charge in [-0.3, -0.25) is 4.79 Å². The van der Waals surface area contributed by atoms with E-state index in [1.165, 1.54) is 0 Å². The van der Waals surface area contributed by atoms with Crippen LogP contribution in [0.3, 0.4) is 0 Å². The molecule has 0 aliphatic rings. The van der Waals surface area contributed by atoms with E-state index in [1.807, 2.05) is 20.8 Å². The standard InChI is InChI=1S/C16H24N2O3/c1-11(2)21-15(20)12-6-8-13(9-7-12)18-14(19)10-17-16(3,4)5/h6-9,11,17H,10H2,1-5H3,(H,18,19). The van der Waals surface area contributed by atoms with Crippen LogP contribution in [0.2, 0.25) is 0 Å². The number of hydrogen-bond acceptors (Lipinski definition) is 4. The fourth-order valence-corrected chi connectivity index (χ4v) is 1.52. The molecule has 0 heterocycles. The van der Waals surface area contributed by atoms with E-state index in [-0.39, 0.29) is 30.1 Å². The Hall–Kier alpha value is -1.88. The molecule has 0 atom stereocenters. The van der Waals surface area contributed by atoms with Crippen molar-refractivity contribution < 1.29 is 14.3 Å². The first-order valence-electron chi connectivity index (χ1n) is 7.03. The summed E-state index contributed by atoms with van der Waals surface area (Å²) in [5, 5.41) is 5.87. The van der Waals surface area contributed by atoms with Crippen molar-refractivity contribution in [3.8, 4) is 0 Å². The van der Waals surface area contributed by atoms with E-state index in [4.69, 9.17) is 4.74 Å². The van der Waals surface area contributed by atoms with Gasteiger partial charge in [0.2, 0.25) is 5.91 Å². The number of ether oxygens (including phenoxy) is 1. The van der Waals surface area contributed by atoms with Gasteiger partial charge in [0.25, 0.3) is 0 Å². The molecule has 0 saturated carbocycles. The van der Waals surface area contributed by atoms with Crippen molar-refractivity contribution >= 4 is 17.6 Å².